The number of hydrogen-bond acceptors (Lipinski definition) is 1. The van der Waals surface area contributed by atoms with Crippen molar-refractivity contribution < 1.29 is 0 Å². The Kier molecular flexibility index (Phi) is 3.86. The number of benzene rings is 1. The molecule has 0 bridgehead atoms. The molecule has 3 heteroatoms. The Balaban J connectivity index is 2.96. The first kappa shape index (κ1) is 9.85. The summed E-state index contributed by atoms with van der Waals surface area (Å²) in [5.41, 5.74) is 1.98. The Hall–Kier alpha value is -0.240. The van der Waals surface area contributed by atoms with Gasteiger partial charge in [-0.2, -0.15) is 0 Å². The van der Waals surface area contributed by atoms with Gasteiger partial charge in [-0.25, -0.2) is 4.84 Å². The highest BCUT2D eigenvalue weighted by Gasteiger charge is 2.08. The van der Waals surface area contributed by atoms with Crippen molar-refractivity contribution in [3.05, 3.63) is 35.4 Å². The second-order valence-electron chi connectivity index (χ2n) is 2.52. The van der Waals surface area contributed by atoms with Crippen LogP contribution in [-0.4, -0.2) is 0 Å². The van der Waals surface area contributed by atoms with Crippen LogP contribution in [0.4, 0.5) is 0 Å². The predicted molar refractivity (Wildman–Crippen MR) is 53.4 cm³/mol. The molecule has 1 aromatic rings. The molecule has 12 heavy (non-hydrogen) atoms. The number of hydrogen-bond donors (Lipinski definition) is 1. The summed E-state index contributed by atoms with van der Waals surface area (Å²) in [6, 6.07) is 7.99. The zero-order chi connectivity index (χ0) is 8.97. The molecule has 0 radical (unpaired) electrons. The Labute approximate surface area is 82.8 Å². The fraction of sp³-hybridized carbons (Fsp3) is 0.333. The van der Waals surface area contributed by atoms with E-state index in [1.54, 1.807) is 0 Å². The fourth-order valence-corrected chi connectivity index (χ4v) is 1.49. The first-order chi connectivity index (χ1) is 5.79. The third-order valence-corrected chi connectivity index (χ3v) is 2.48. The maximum atomic E-state index is 5.93. The lowest BCUT2D eigenvalue weighted by atomic mass is 10.1. The van der Waals surface area contributed by atoms with E-state index >= 15 is 0 Å². The van der Waals surface area contributed by atoms with Gasteiger partial charge in [0.2, 0.25) is 0 Å². The summed E-state index contributed by atoms with van der Waals surface area (Å²) in [5.74, 6) is 0. The van der Waals surface area contributed by atoms with Crippen LogP contribution in [0.3, 0.4) is 0 Å². The highest BCUT2D eigenvalue weighted by molar-refractivity contribution is 6.25. The number of halogens is 2. The summed E-state index contributed by atoms with van der Waals surface area (Å²) in [5, 5.41) is 0. The van der Waals surface area contributed by atoms with Gasteiger partial charge in [-0.1, -0.05) is 42.8 Å². The van der Waals surface area contributed by atoms with Crippen molar-refractivity contribution in [3.63, 3.8) is 0 Å². The monoisotopic (exact) mass is 203 g/mol. The summed E-state index contributed by atoms with van der Waals surface area (Å²) >= 11 is 11.4. The van der Waals surface area contributed by atoms with Gasteiger partial charge >= 0.3 is 0 Å². The lowest BCUT2D eigenvalue weighted by molar-refractivity contribution is 0.892. The molecule has 1 N–H and O–H groups in total. The molecule has 0 aliphatic rings. The molecule has 0 saturated heterocycles. The Morgan fingerprint density at radius 2 is 2.08 bits per heavy atom. The standard InChI is InChI=1S/C9H11Cl2N/c1-2-7-5-3-4-6-8(7)9(10)12-11/h3-6,9,12H,2H2,1H3. The van der Waals surface area contributed by atoms with Gasteiger partial charge in [-0.3, -0.25) is 0 Å². The normalized spacial score (nSPS) is 12.9. The first-order valence-electron chi connectivity index (χ1n) is 3.87. The molecule has 0 saturated carbocycles. The van der Waals surface area contributed by atoms with Crippen LogP contribution >= 0.6 is 23.4 Å². The minimum Gasteiger partial charge on any atom is -0.212 e. The fourth-order valence-electron chi connectivity index (χ4n) is 1.16. The molecule has 0 amide bonds. The van der Waals surface area contributed by atoms with Gasteiger partial charge in [-0.15, -0.1) is 0 Å². The first-order valence-corrected chi connectivity index (χ1v) is 4.69. The van der Waals surface area contributed by atoms with Crippen molar-refractivity contribution in [2.24, 2.45) is 0 Å². The molecule has 1 aromatic carbocycles. The van der Waals surface area contributed by atoms with Gasteiger partial charge in [0, 0.05) is 0 Å². The minimum atomic E-state index is -0.303. The van der Waals surface area contributed by atoms with Crippen LogP contribution in [0.15, 0.2) is 24.3 Å². The zero-order valence-electron chi connectivity index (χ0n) is 6.85. The lowest BCUT2D eigenvalue weighted by Crippen LogP contribution is -2.06. The van der Waals surface area contributed by atoms with E-state index in [0.29, 0.717) is 0 Å². The molecule has 1 unspecified atom stereocenters. The maximum absolute atomic E-state index is 5.93. The van der Waals surface area contributed by atoms with Gasteiger partial charge in [0.1, 0.15) is 5.50 Å². The molecule has 0 aliphatic heterocycles. The van der Waals surface area contributed by atoms with E-state index in [0.717, 1.165) is 12.0 Å². The van der Waals surface area contributed by atoms with Crippen molar-refractivity contribution in [3.8, 4) is 0 Å². The second-order valence-corrected chi connectivity index (χ2v) is 3.18. The summed E-state index contributed by atoms with van der Waals surface area (Å²) in [6.45, 7) is 2.09. The highest BCUT2D eigenvalue weighted by atomic mass is 35.5. The highest BCUT2D eigenvalue weighted by Crippen LogP contribution is 2.22. The Bertz CT molecular complexity index is 250. The summed E-state index contributed by atoms with van der Waals surface area (Å²) in [6.07, 6.45) is 0.970. The molecule has 1 atom stereocenters. The number of rotatable bonds is 3. The molecule has 0 fully saturated rings. The summed E-state index contributed by atoms with van der Waals surface area (Å²) < 4.78 is 0. The van der Waals surface area contributed by atoms with Gasteiger partial charge in [0.05, 0.1) is 0 Å². The van der Waals surface area contributed by atoms with Gasteiger partial charge in [0.15, 0.2) is 0 Å². The molecule has 0 aromatic heterocycles. The smallest absolute Gasteiger partial charge is 0.122 e. The van der Waals surface area contributed by atoms with Crippen molar-refractivity contribution in [2.45, 2.75) is 18.8 Å². The van der Waals surface area contributed by atoms with Crippen LogP contribution in [0.5, 0.6) is 0 Å². The zero-order valence-corrected chi connectivity index (χ0v) is 8.36. The molecule has 1 nitrogen and oxygen atoms in total. The number of aryl methyl sites for hydroxylation is 1. The number of nitrogens with one attached hydrogen (secondary N) is 1. The molecule has 0 heterocycles. The van der Waals surface area contributed by atoms with Crippen LogP contribution in [0.2, 0.25) is 0 Å². The average molecular weight is 204 g/mol. The summed E-state index contributed by atoms with van der Waals surface area (Å²) in [4.78, 5) is 2.49. The van der Waals surface area contributed by atoms with Crippen LogP contribution in [0.25, 0.3) is 0 Å². The van der Waals surface area contributed by atoms with Crippen LogP contribution in [-0.2, 0) is 6.42 Å². The SMILES string of the molecule is CCc1ccccc1C(Cl)NCl. The van der Waals surface area contributed by atoms with E-state index in [1.807, 2.05) is 18.2 Å². The van der Waals surface area contributed by atoms with Crippen LogP contribution in [0.1, 0.15) is 23.6 Å². The lowest BCUT2D eigenvalue weighted by Gasteiger charge is -2.10. The van der Waals surface area contributed by atoms with Gasteiger partial charge < -0.3 is 0 Å². The van der Waals surface area contributed by atoms with E-state index in [1.165, 1.54) is 5.56 Å². The van der Waals surface area contributed by atoms with E-state index in [9.17, 15) is 0 Å². The summed E-state index contributed by atoms with van der Waals surface area (Å²) in [7, 11) is 0. The van der Waals surface area contributed by atoms with Crippen molar-refractivity contribution in [1.29, 1.82) is 0 Å². The topological polar surface area (TPSA) is 12.0 Å². The van der Waals surface area contributed by atoms with Crippen LogP contribution < -0.4 is 4.84 Å². The maximum Gasteiger partial charge on any atom is 0.122 e. The van der Waals surface area contributed by atoms with E-state index in [-0.39, 0.29) is 5.50 Å². The van der Waals surface area contributed by atoms with Crippen molar-refractivity contribution >= 4 is 23.4 Å². The largest absolute Gasteiger partial charge is 0.212 e. The predicted octanol–water partition coefficient (Wildman–Crippen LogP) is 3.23. The van der Waals surface area contributed by atoms with E-state index in [4.69, 9.17) is 23.4 Å². The van der Waals surface area contributed by atoms with E-state index < -0.39 is 0 Å². The minimum absolute atomic E-state index is 0.303. The van der Waals surface area contributed by atoms with Crippen molar-refractivity contribution in [1.82, 2.24) is 4.84 Å². The molecule has 0 aliphatic carbocycles. The average Bonchev–Trinajstić information content (AvgIpc) is 2.16. The third-order valence-electron chi connectivity index (χ3n) is 1.80. The molecular weight excluding hydrogens is 193 g/mol. The van der Waals surface area contributed by atoms with E-state index in [2.05, 4.69) is 17.8 Å². The molecule has 0 spiro atoms. The molecule has 66 valence electrons. The molecule has 1 rings (SSSR count). The van der Waals surface area contributed by atoms with Crippen molar-refractivity contribution in [2.75, 3.05) is 0 Å². The second kappa shape index (κ2) is 4.70. The molecular formula is C9H11Cl2N. The third kappa shape index (κ3) is 2.13. The quantitative estimate of drug-likeness (QED) is 0.452. The van der Waals surface area contributed by atoms with Crippen LogP contribution in [0, 0.1) is 0 Å². The van der Waals surface area contributed by atoms with Gasteiger partial charge in [-0.05, 0) is 29.3 Å². The Morgan fingerprint density at radius 3 is 2.67 bits per heavy atom. The van der Waals surface area contributed by atoms with Gasteiger partial charge in [0.25, 0.3) is 0 Å². The Morgan fingerprint density at radius 1 is 1.42 bits per heavy atom. The number of alkyl halides is 1.